The number of nitrogens with zero attached hydrogens (tertiary/aromatic N) is 3. The van der Waals surface area contributed by atoms with Gasteiger partial charge in [0.1, 0.15) is 22.6 Å². The Morgan fingerprint density at radius 1 is 1.19 bits per heavy atom. The van der Waals surface area contributed by atoms with Gasteiger partial charge in [0.15, 0.2) is 5.82 Å². The highest BCUT2D eigenvalue weighted by molar-refractivity contribution is 7.90. The zero-order valence-corrected chi connectivity index (χ0v) is 15.9. The lowest BCUT2D eigenvalue weighted by Crippen LogP contribution is -2.36. The summed E-state index contributed by atoms with van der Waals surface area (Å²) in [6, 6.07) is 0.978. The van der Waals surface area contributed by atoms with E-state index in [1.54, 1.807) is 6.92 Å². The molecule has 1 aliphatic heterocycles. The molecule has 1 atom stereocenters. The summed E-state index contributed by atoms with van der Waals surface area (Å²) in [5, 5.41) is 0.121. The van der Waals surface area contributed by atoms with Crippen LogP contribution in [0.15, 0.2) is 17.3 Å². The number of hydrogen-bond donors (Lipinski definition) is 0. The van der Waals surface area contributed by atoms with E-state index in [-0.39, 0.29) is 24.0 Å². The maximum absolute atomic E-state index is 14.4. The summed E-state index contributed by atoms with van der Waals surface area (Å²) >= 11 is 6.09. The van der Waals surface area contributed by atoms with Crippen LogP contribution in [-0.4, -0.2) is 37.3 Å². The molecule has 0 aliphatic carbocycles. The van der Waals surface area contributed by atoms with Gasteiger partial charge in [-0.2, -0.15) is 4.98 Å². The van der Waals surface area contributed by atoms with Gasteiger partial charge in [0.05, 0.1) is 17.2 Å². The largest absolute Gasteiger partial charge is 0.269 e. The number of anilines is 1. The highest BCUT2D eigenvalue weighted by Gasteiger charge is 2.30. The summed E-state index contributed by atoms with van der Waals surface area (Å²) in [4.78, 5) is 13.2. The van der Waals surface area contributed by atoms with E-state index < -0.39 is 43.2 Å². The SMILES string of the molecule is CC1CCCN(c2nc(S(C)(=O)=O)nc(Cl)c2-c2c(F)cc(F)cc2F)O1. The highest BCUT2D eigenvalue weighted by atomic mass is 35.5. The van der Waals surface area contributed by atoms with E-state index in [1.165, 1.54) is 5.06 Å². The number of benzene rings is 1. The maximum atomic E-state index is 14.4. The molecule has 1 aromatic heterocycles. The van der Waals surface area contributed by atoms with Crippen molar-refractivity contribution in [1.82, 2.24) is 9.97 Å². The van der Waals surface area contributed by atoms with Crippen molar-refractivity contribution in [3.63, 3.8) is 0 Å². The maximum Gasteiger partial charge on any atom is 0.250 e. The minimum absolute atomic E-state index is 0.202. The molecule has 3 rings (SSSR count). The Balaban J connectivity index is 2.30. The molecule has 6 nitrogen and oxygen atoms in total. The summed E-state index contributed by atoms with van der Waals surface area (Å²) in [5.41, 5.74) is -0.980. The van der Waals surface area contributed by atoms with Crippen molar-refractivity contribution >= 4 is 27.3 Å². The Morgan fingerprint density at radius 2 is 1.81 bits per heavy atom. The summed E-state index contributed by atoms with van der Waals surface area (Å²) in [6.45, 7) is 2.07. The fourth-order valence-electron chi connectivity index (χ4n) is 2.75. The summed E-state index contributed by atoms with van der Waals surface area (Å²) in [5.74, 6) is -3.76. The van der Waals surface area contributed by atoms with Crippen LogP contribution in [0, 0.1) is 17.5 Å². The van der Waals surface area contributed by atoms with Crippen LogP contribution < -0.4 is 5.06 Å². The molecular weight excluding hydrogens is 407 g/mol. The van der Waals surface area contributed by atoms with Crippen molar-refractivity contribution in [3.05, 3.63) is 34.7 Å². The molecule has 0 N–H and O–H groups in total. The molecule has 0 bridgehead atoms. The minimum Gasteiger partial charge on any atom is -0.269 e. The topological polar surface area (TPSA) is 72.4 Å². The fraction of sp³-hybridized carbons (Fsp3) is 0.375. The molecule has 0 amide bonds. The number of hydroxylamine groups is 1. The molecule has 1 unspecified atom stereocenters. The van der Waals surface area contributed by atoms with Gasteiger partial charge in [-0.1, -0.05) is 11.6 Å². The molecule has 27 heavy (non-hydrogen) atoms. The third-order valence-electron chi connectivity index (χ3n) is 3.93. The fourth-order valence-corrected chi connectivity index (χ4v) is 3.57. The molecule has 146 valence electrons. The molecule has 0 spiro atoms. The van der Waals surface area contributed by atoms with Crippen molar-refractivity contribution in [3.8, 4) is 11.1 Å². The number of halogens is 4. The lowest BCUT2D eigenvalue weighted by atomic mass is 10.1. The molecule has 1 aromatic carbocycles. The van der Waals surface area contributed by atoms with E-state index in [4.69, 9.17) is 16.4 Å². The molecule has 1 saturated heterocycles. The predicted octanol–water partition coefficient (Wildman–Crippen LogP) is 3.54. The van der Waals surface area contributed by atoms with Crippen LogP contribution in [0.5, 0.6) is 0 Å². The van der Waals surface area contributed by atoms with Crippen LogP contribution in [0.2, 0.25) is 5.15 Å². The van der Waals surface area contributed by atoms with E-state index in [9.17, 15) is 21.6 Å². The summed E-state index contributed by atoms with van der Waals surface area (Å²) in [6.07, 6.45) is 2.05. The lowest BCUT2D eigenvalue weighted by molar-refractivity contribution is 0.0112. The van der Waals surface area contributed by atoms with Crippen LogP contribution in [-0.2, 0) is 14.7 Å². The van der Waals surface area contributed by atoms with Gasteiger partial charge < -0.3 is 0 Å². The first-order valence-corrected chi connectivity index (χ1v) is 10.2. The third kappa shape index (κ3) is 4.02. The van der Waals surface area contributed by atoms with Crippen LogP contribution in [0.25, 0.3) is 11.1 Å². The third-order valence-corrected chi connectivity index (χ3v) is 5.05. The van der Waals surface area contributed by atoms with E-state index in [0.29, 0.717) is 18.6 Å². The second kappa shape index (κ2) is 7.25. The van der Waals surface area contributed by atoms with Crippen molar-refractivity contribution < 1.29 is 26.4 Å². The van der Waals surface area contributed by atoms with Crippen molar-refractivity contribution in [2.45, 2.75) is 31.0 Å². The van der Waals surface area contributed by atoms with Crippen LogP contribution in [0.3, 0.4) is 0 Å². The first-order valence-electron chi connectivity index (χ1n) is 7.94. The van der Waals surface area contributed by atoms with E-state index >= 15 is 0 Å². The van der Waals surface area contributed by atoms with Gasteiger partial charge in [-0.05, 0) is 19.8 Å². The average Bonchev–Trinajstić information content (AvgIpc) is 2.54. The normalized spacial score (nSPS) is 18.0. The highest BCUT2D eigenvalue weighted by Crippen LogP contribution is 2.39. The van der Waals surface area contributed by atoms with Crippen LogP contribution >= 0.6 is 11.6 Å². The summed E-state index contributed by atoms with van der Waals surface area (Å²) in [7, 11) is -3.86. The van der Waals surface area contributed by atoms with Gasteiger partial charge in [-0.25, -0.2) is 31.6 Å². The zero-order valence-electron chi connectivity index (χ0n) is 14.3. The van der Waals surface area contributed by atoms with Crippen molar-refractivity contribution in [1.29, 1.82) is 0 Å². The molecule has 0 radical (unpaired) electrons. The first-order chi connectivity index (χ1) is 12.6. The Hall–Kier alpha value is -1.91. The molecule has 2 aromatic rings. The molecule has 0 saturated carbocycles. The van der Waals surface area contributed by atoms with Crippen LogP contribution in [0.4, 0.5) is 19.0 Å². The zero-order chi connectivity index (χ0) is 19.9. The number of rotatable bonds is 3. The smallest absolute Gasteiger partial charge is 0.250 e. The van der Waals surface area contributed by atoms with E-state index in [2.05, 4.69) is 9.97 Å². The van der Waals surface area contributed by atoms with Crippen molar-refractivity contribution in [2.24, 2.45) is 0 Å². The second-order valence-corrected chi connectivity index (χ2v) is 8.44. The second-order valence-electron chi connectivity index (χ2n) is 6.17. The molecule has 1 fully saturated rings. The Morgan fingerprint density at radius 3 is 2.37 bits per heavy atom. The lowest BCUT2D eigenvalue weighted by Gasteiger charge is -2.32. The Kier molecular flexibility index (Phi) is 5.33. The van der Waals surface area contributed by atoms with Gasteiger partial charge in [0, 0.05) is 24.9 Å². The van der Waals surface area contributed by atoms with Gasteiger partial charge in [0.2, 0.25) is 15.0 Å². The van der Waals surface area contributed by atoms with Gasteiger partial charge in [-0.3, -0.25) is 4.84 Å². The average molecular weight is 422 g/mol. The van der Waals surface area contributed by atoms with E-state index in [0.717, 1.165) is 12.7 Å². The first kappa shape index (κ1) is 19.8. The molecule has 11 heteroatoms. The molecule has 2 heterocycles. The van der Waals surface area contributed by atoms with Gasteiger partial charge in [-0.15, -0.1) is 0 Å². The minimum atomic E-state index is -3.86. The number of aromatic nitrogens is 2. The predicted molar refractivity (Wildman–Crippen MR) is 92.6 cm³/mol. The van der Waals surface area contributed by atoms with Gasteiger partial charge in [0.25, 0.3) is 0 Å². The van der Waals surface area contributed by atoms with Gasteiger partial charge >= 0.3 is 0 Å². The molecular formula is C16H15ClF3N3O3S. The Bertz CT molecular complexity index is 981. The Labute approximate surface area is 158 Å². The number of sulfone groups is 1. The summed E-state index contributed by atoms with van der Waals surface area (Å²) < 4.78 is 65.8. The van der Waals surface area contributed by atoms with Crippen molar-refractivity contribution in [2.75, 3.05) is 17.9 Å². The quantitative estimate of drug-likeness (QED) is 0.557. The van der Waals surface area contributed by atoms with E-state index in [1.807, 2.05) is 0 Å². The molecule has 1 aliphatic rings. The standard InChI is InChI=1S/C16H15ClF3N3O3S/c1-8-4-3-5-23(26-8)15-13(12-10(19)6-9(18)7-11(12)20)14(17)21-16(22-15)27(2,24)25/h6-8H,3-5H2,1-2H3. The van der Waals surface area contributed by atoms with Crippen LogP contribution in [0.1, 0.15) is 19.8 Å². The monoisotopic (exact) mass is 421 g/mol. The number of hydrogen-bond acceptors (Lipinski definition) is 6.